The molecule has 0 aliphatic rings. The van der Waals surface area contributed by atoms with E-state index in [-0.39, 0.29) is 17.2 Å². The van der Waals surface area contributed by atoms with Crippen LogP contribution in [0.2, 0.25) is 0 Å². The normalized spacial score (nSPS) is 11.1. The molecule has 1 aromatic carbocycles. The highest BCUT2D eigenvalue weighted by molar-refractivity contribution is 8.00. The van der Waals surface area contributed by atoms with Gasteiger partial charge in [-0.15, -0.1) is 23.1 Å². The van der Waals surface area contributed by atoms with Crippen molar-refractivity contribution < 1.29 is 9.59 Å². The number of thioether (sulfide) groups is 1. The number of aromatic nitrogens is 1. The molecule has 0 bridgehead atoms. The van der Waals surface area contributed by atoms with E-state index in [2.05, 4.69) is 15.6 Å². The number of carbonyl (C=O) groups is 2. The number of carbonyl (C=O) groups excluding carboxylic acids is 2. The summed E-state index contributed by atoms with van der Waals surface area (Å²) in [5, 5.41) is 8.06. The van der Waals surface area contributed by atoms with Crippen molar-refractivity contribution >= 4 is 45.7 Å². The van der Waals surface area contributed by atoms with Gasteiger partial charge in [-0.25, -0.2) is 4.98 Å². The maximum Gasteiger partial charge on any atom is 0.236 e. The quantitative estimate of drug-likeness (QED) is 0.753. The Kier molecular flexibility index (Phi) is 6.39. The highest BCUT2D eigenvalue weighted by Gasteiger charge is 2.16. The van der Waals surface area contributed by atoms with Crippen LogP contribution in [-0.4, -0.2) is 22.6 Å². The average molecular weight is 364 g/mol. The highest BCUT2D eigenvalue weighted by Crippen LogP contribution is 2.24. The summed E-state index contributed by atoms with van der Waals surface area (Å²) in [6, 6.07) is 7.51. The van der Waals surface area contributed by atoms with Gasteiger partial charge in [0.05, 0.1) is 5.75 Å². The second kappa shape index (κ2) is 8.30. The standard InChI is InChI=1S/C17H21N3O2S2/c1-17(2,3)10-14(21)19-12-5-4-6-13(9-12)24-11-15(22)20-16-18-7-8-23-16/h4-9H,10-11H2,1-3H3,(H,19,21)(H,18,20,22). The Morgan fingerprint density at radius 1 is 1.21 bits per heavy atom. The first-order valence-corrected chi connectivity index (χ1v) is 9.40. The van der Waals surface area contributed by atoms with Gasteiger partial charge in [-0.1, -0.05) is 26.8 Å². The number of nitrogens with zero attached hydrogens (tertiary/aromatic N) is 1. The van der Waals surface area contributed by atoms with Crippen LogP contribution >= 0.6 is 23.1 Å². The van der Waals surface area contributed by atoms with Gasteiger partial charge in [0, 0.05) is 28.6 Å². The molecule has 2 rings (SSSR count). The summed E-state index contributed by atoms with van der Waals surface area (Å²) in [6.07, 6.45) is 2.11. The molecule has 0 aliphatic heterocycles. The second-order valence-corrected chi connectivity index (χ2v) is 8.43. The van der Waals surface area contributed by atoms with Crippen LogP contribution in [0.25, 0.3) is 0 Å². The number of rotatable bonds is 6. The van der Waals surface area contributed by atoms with Crippen molar-refractivity contribution in [3.63, 3.8) is 0 Å². The lowest BCUT2D eigenvalue weighted by Gasteiger charge is -2.17. The van der Waals surface area contributed by atoms with Crippen LogP contribution in [0.4, 0.5) is 10.8 Å². The van der Waals surface area contributed by atoms with Gasteiger partial charge in [-0.05, 0) is 23.6 Å². The first kappa shape index (κ1) is 18.5. The third-order valence-corrected chi connectivity index (χ3v) is 4.54. The Labute approximate surface area is 150 Å². The highest BCUT2D eigenvalue weighted by atomic mass is 32.2. The molecule has 2 aromatic rings. The minimum Gasteiger partial charge on any atom is -0.326 e. The van der Waals surface area contributed by atoms with Crippen LogP contribution < -0.4 is 10.6 Å². The molecule has 0 saturated heterocycles. The summed E-state index contributed by atoms with van der Waals surface area (Å²) >= 11 is 2.81. The molecule has 128 valence electrons. The summed E-state index contributed by atoms with van der Waals surface area (Å²) in [5.41, 5.74) is 0.694. The van der Waals surface area contributed by atoms with Gasteiger partial charge in [0.15, 0.2) is 5.13 Å². The van der Waals surface area contributed by atoms with Gasteiger partial charge in [-0.2, -0.15) is 0 Å². The molecule has 0 atom stereocenters. The molecular weight excluding hydrogens is 342 g/mol. The number of amides is 2. The smallest absolute Gasteiger partial charge is 0.236 e. The van der Waals surface area contributed by atoms with Crippen molar-refractivity contribution in [2.45, 2.75) is 32.1 Å². The molecule has 0 aliphatic carbocycles. The zero-order valence-corrected chi connectivity index (χ0v) is 15.6. The summed E-state index contributed by atoms with van der Waals surface area (Å²) in [6.45, 7) is 6.08. The first-order valence-electron chi connectivity index (χ1n) is 7.54. The van der Waals surface area contributed by atoms with Crippen LogP contribution in [0.5, 0.6) is 0 Å². The van der Waals surface area contributed by atoms with Crippen molar-refractivity contribution in [1.82, 2.24) is 4.98 Å². The molecular formula is C17H21N3O2S2. The lowest BCUT2D eigenvalue weighted by atomic mass is 9.92. The van der Waals surface area contributed by atoms with E-state index in [9.17, 15) is 9.59 Å². The number of benzene rings is 1. The van der Waals surface area contributed by atoms with Gasteiger partial charge in [-0.3, -0.25) is 9.59 Å². The number of hydrogen-bond acceptors (Lipinski definition) is 5. The number of anilines is 2. The first-order chi connectivity index (χ1) is 11.3. The summed E-state index contributed by atoms with van der Waals surface area (Å²) < 4.78 is 0. The van der Waals surface area contributed by atoms with Gasteiger partial charge in [0.2, 0.25) is 11.8 Å². The second-order valence-electron chi connectivity index (χ2n) is 6.49. The summed E-state index contributed by atoms with van der Waals surface area (Å²) in [4.78, 5) is 28.8. The lowest BCUT2D eigenvalue weighted by molar-refractivity contribution is -0.118. The molecule has 2 N–H and O–H groups in total. The van der Waals surface area contributed by atoms with Gasteiger partial charge >= 0.3 is 0 Å². The maximum atomic E-state index is 12.0. The third kappa shape index (κ3) is 6.72. The number of hydrogen-bond donors (Lipinski definition) is 2. The lowest BCUT2D eigenvalue weighted by Crippen LogP contribution is -2.19. The largest absolute Gasteiger partial charge is 0.326 e. The van der Waals surface area contributed by atoms with Gasteiger partial charge in [0.25, 0.3) is 0 Å². The molecule has 0 spiro atoms. The van der Waals surface area contributed by atoms with Crippen molar-refractivity contribution in [3.8, 4) is 0 Å². The molecule has 1 heterocycles. The monoisotopic (exact) mass is 363 g/mol. The molecule has 0 fully saturated rings. The van der Waals surface area contributed by atoms with Crippen molar-refractivity contribution in [3.05, 3.63) is 35.8 Å². The number of nitrogens with one attached hydrogen (secondary N) is 2. The van der Waals surface area contributed by atoms with Gasteiger partial charge < -0.3 is 10.6 Å². The molecule has 0 unspecified atom stereocenters. The summed E-state index contributed by atoms with van der Waals surface area (Å²) in [5.74, 6) is 0.183. The molecule has 1 aromatic heterocycles. The van der Waals surface area contributed by atoms with Crippen LogP contribution in [0.1, 0.15) is 27.2 Å². The Morgan fingerprint density at radius 2 is 2.00 bits per heavy atom. The minimum absolute atomic E-state index is 0.00818. The minimum atomic E-state index is -0.0999. The Balaban J connectivity index is 1.86. The zero-order chi connectivity index (χ0) is 17.6. The third-order valence-electron chi connectivity index (χ3n) is 2.86. The molecule has 5 nitrogen and oxygen atoms in total. The van der Waals surface area contributed by atoms with Crippen molar-refractivity contribution in [1.29, 1.82) is 0 Å². The fraction of sp³-hybridized carbons (Fsp3) is 0.353. The zero-order valence-electron chi connectivity index (χ0n) is 14.0. The van der Waals surface area contributed by atoms with E-state index in [1.165, 1.54) is 23.1 Å². The molecule has 0 radical (unpaired) electrons. The van der Waals surface area contributed by atoms with E-state index in [1.54, 1.807) is 6.20 Å². The fourth-order valence-electron chi connectivity index (χ4n) is 1.94. The van der Waals surface area contributed by atoms with E-state index in [0.29, 0.717) is 17.3 Å². The van der Waals surface area contributed by atoms with Crippen molar-refractivity contribution in [2.75, 3.05) is 16.4 Å². The Bertz CT molecular complexity index is 694. The van der Waals surface area contributed by atoms with Crippen LogP contribution in [0, 0.1) is 5.41 Å². The summed E-state index contributed by atoms with van der Waals surface area (Å²) in [7, 11) is 0. The van der Waals surface area contributed by atoms with E-state index in [4.69, 9.17) is 0 Å². The average Bonchev–Trinajstić information content (AvgIpc) is 2.96. The van der Waals surface area contributed by atoms with E-state index in [0.717, 1.165) is 10.6 Å². The Morgan fingerprint density at radius 3 is 2.67 bits per heavy atom. The fourth-order valence-corrected chi connectivity index (χ4v) is 3.24. The van der Waals surface area contributed by atoms with Gasteiger partial charge in [0.1, 0.15) is 0 Å². The predicted octanol–water partition coefficient (Wildman–Crippen LogP) is 4.25. The Hall–Kier alpha value is -1.86. The predicted molar refractivity (Wildman–Crippen MR) is 101 cm³/mol. The van der Waals surface area contributed by atoms with Crippen molar-refractivity contribution in [2.24, 2.45) is 5.41 Å². The van der Waals surface area contributed by atoms with E-state index < -0.39 is 0 Å². The SMILES string of the molecule is CC(C)(C)CC(=O)Nc1cccc(SCC(=O)Nc2nccs2)c1. The molecule has 2 amide bonds. The molecule has 0 saturated carbocycles. The maximum absolute atomic E-state index is 12.0. The molecule has 7 heteroatoms. The van der Waals surface area contributed by atoms with Crippen LogP contribution in [0.15, 0.2) is 40.7 Å². The molecule has 24 heavy (non-hydrogen) atoms. The van der Waals surface area contributed by atoms with Crippen LogP contribution in [-0.2, 0) is 9.59 Å². The van der Waals surface area contributed by atoms with E-state index >= 15 is 0 Å². The topological polar surface area (TPSA) is 71.1 Å². The van der Waals surface area contributed by atoms with E-state index in [1.807, 2.05) is 50.4 Å². The van der Waals surface area contributed by atoms with Crippen LogP contribution in [0.3, 0.4) is 0 Å². The number of thiazole rings is 1.